The van der Waals surface area contributed by atoms with E-state index < -0.39 is 5.95 Å². The fraction of sp³-hybridized carbons (Fsp3) is 0.176. The molecule has 1 heterocycles. The molecule has 3 nitrogen and oxygen atoms in total. The van der Waals surface area contributed by atoms with E-state index in [-0.39, 0.29) is 12.1 Å². The highest BCUT2D eigenvalue weighted by atomic mass is 19.1. The summed E-state index contributed by atoms with van der Waals surface area (Å²) in [7, 11) is 0. The standard InChI is InChI=1S/C17H15FN2O/c1-2-20-10-13(11-21)16(18)19-17(20)15-9-5-7-12-6-3-4-8-14(12)15/h3-9,11H,2,10H2,1H3. The van der Waals surface area contributed by atoms with Gasteiger partial charge < -0.3 is 4.90 Å². The van der Waals surface area contributed by atoms with Crippen LogP contribution >= 0.6 is 0 Å². The largest absolute Gasteiger partial charge is 0.352 e. The van der Waals surface area contributed by atoms with Crippen molar-refractivity contribution in [2.24, 2.45) is 4.99 Å². The molecule has 1 aliphatic rings. The molecule has 3 rings (SSSR count). The molecule has 0 saturated carbocycles. The monoisotopic (exact) mass is 282 g/mol. The number of aliphatic imine (C=N–C) groups is 1. The van der Waals surface area contributed by atoms with Gasteiger partial charge in [0.2, 0.25) is 5.95 Å². The summed E-state index contributed by atoms with van der Waals surface area (Å²) in [6.45, 7) is 2.88. The summed E-state index contributed by atoms with van der Waals surface area (Å²) < 4.78 is 13.9. The van der Waals surface area contributed by atoms with Crippen LogP contribution in [0.3, 0.4) is 0 Å². The lowest BCUT2D eigenvalue weighted by molar-refractivity contribution is -0.105. The Balaban J connectivity index is 2.21. The van der Waals surface area contributed by atoms with Crippen LogP contribution in [-0.4, -0.2) is 30.1 Å². The van der Waals surface area contributed by atoms with E-state index in [4.69, 9.17) is 0 Å². The number of hydrogen-bond donors (Lipinski definition) is 0. The number of nitrogens with zero attached hydrogens (tertiary/aromatic N) is 2. The van der Waals surface area contributed by atoms with Gasteiger partial charge in [-0.3, -0.25) is 4.79 Å². The van der Waals surface area contributed by atoms with E-state index in [0.717, 1.165) is 16.3 Å². The Kier molecular flexibility index (Phi) is 3.52. The average Bonchev–Trinajstić information content (AvgIpc) is 2.54. The zero-order valence-electron chi connectivity index (χ0n) is 11.7. The normalized spacial score (nSPS) is 15.3. The van der Waals surface area contributed by atoms with Crippen LogP contribution in [-0.2, 0) is 4.79 Å². The molecule has 0 radical (unpaired) electrons. The zero-order chi connectivity index (χ0) is 14.8. The summed E-state index contributed by atoms with van der Waals surface area (Å²) in [5.74, 6) is -0.102. The lowest BCUT2D eigenvalue weighted by Gasteiger charge is -2.28. The van der Waals surface area contributed by atoms with Crippen molar-refractivity contribution in [2.45, 2.75) is 6.92 Å². The molecule has 106 valence electrons. The van der Waals surface area contributed by atoms with Gasteiger partial charge in [0.1, 0.15) is 5.84 Å². The van der Waals surface area contributed by atoms with Crippen LogP contribution in [0.15, 0.2) is 59.0 Å². The molecule has 2 aromatic carbocycles. The van der Waals surface area contributed by atoms with E-state index >= 15 is 0 Å². The maximum atomic E-state index is 13.9. The van der Waals surface area contributed by atoms with Crippen molar-refractivity contribution in [3.8, 4) is 0 Å². The Bertz CT molecular complexity index is 759. The second kappa shape index (κ2) is 5.48. The summed E-state index contributed by atoms with van der Waals surface area (Å²) >= 11 is 0. The predicted octanol–water partition coefficient (Wildman–Crippen LogP) is 3.30. The maximum absolute atomic E-state index is 13.9. The number of carbonyl (C=O) groups is 1. The van der Waals surface area contributed by atoms with Gasteiger partial charge in [-0.2, -0.15) is 4.39 Å². The van der Waals surface area contributed by atoms with Gasteiger partial charge in [-0.05, 0) is 17.7 Å². The number of carbonyl (C=O) groups excluding carboxylic acids is 1. The molecule has 0 unspecified atom stereocenters. The van der Waals surface area contributed by atoms with Crippen molar-refractivity contribution in [3.05, 3.63) is 59.6 Å². The van der Waals surface area contributed by atoms with Crippen LogP contribution in [0.1, 0.15) is 12.5 Å². The van der Waals surface area contributed by atoms with Crippen molar-refractivity contribution in [2.75, 3.05) is 13.1 Å². The molecule has 0 bridgehead atoms. The molecule has 0 atom stereocenters. The molecule has 0 spiro atoms. The first-order valence-corrected chi connectivity index (χ1v) is 6.90. The lowest BCUT2D eigenvalue weighted by Crippen LogP contribution is -2.36. The Morgan fingerprint density at radius 2 is 2.00 bits per heavy atom. The minimum absolute atomic E-state index is 0.0980. The first-order valence-electron chi connectivity index (χ1n) is 6.90. The number of benzene rings is 2. The van der Waals surface area contributed by atoms with E-state index in [1.807, 2.05) is 54.3 Å². The second-order valence-electron chi connectivity index (χ2n) is 4.91. The highest BCUT2D eigenvalue weighted by molar-refractivity contribution is 6.10. The summed E-state index contributed by atoms with van der Waals surface area (Å²) in [4.78, 5) is 16.8. The third-order valence-electron chi connectivity index (χ3n) is 3.68. The summed E-state index contributed by atoms with van der Waals surface area (Å²) in [6.07, 6.45) is 0.543. The smallest absolute Gasteiger partial charge is 0.223 e. The lowest BCUT2D eigenvalue weighted by atomic mass is 10.0. The second-order valence-corrected chi connectivity index (χ2v) is 4.91. The third kappa shape index (κ3) is 2.33. The van der Waals surface area contributed by atoms with Crippen LogP contribution in [0.2, 0.25) is 0 Å². The molecule has 0 fully saturated rings. The fourth-order valence-electron chi connectivity index (χ4n) is 2.58. The number of halogens is 1. The quantitative estimate of drug-likeness (QED) is 0.639. The Labute approximate surface area is 122 Å². The Morgan fingerprint density at radius 3 is 2.76 bits per heavy atom. The van der Waals surface area contributed by atoms with E-state index in [9.17, 15) is 9.18 Å². The first kappa shape index (κ1) is 13.5. The van der Waals surface area contributed by atoms with Crippen LogP contribution in [0.4, 0.5) is 4.39 Å². The molecule has 4 heteroatoms. The average molecular weight is 282 g/mol. The van der Waals surface area contributed by atoms with Crippen LogP contribution in [0, 0.1) is 0 Å². The van der Waals surface area contributed by atoms with Gasteiger partial charge in [0.15, 0.2) is 6.29 Å². The van der Waals surface area contributed by atoms with Gasteiger partial charge in [-0.1, -0.05) is 42.5 Å². The Morgan fingerprint density at radius 1 is 1.24 bits per heavy atom. The molecule has 21 heavy (non-hydrogen) atoms. The molecule has 0 aromatic heterocycles. The summed E-state index contributed by atoms with van der Waals surface area (Å²) in [5, 5.41) is 2.11. The predicted molar refractivity (Wildman–Crippen MR) is 81.9 cm³/mol. The van der Waals surface area contributed by atoms with Crippen molar-refractivity contribution in [1.29, 1.82) is 0 Å². The fourth-order valence-corrected chi connectivity index (χ4v) is 2.58. The number of rotatable bonds is 3. The minimum Gasteiger partial charge on any atom is -0.352 e. The molecule has 0 saturated heterocycles. The van der Waals surface area contributed by atoms with E-state index in [1.54, 1.807) is 0 Å². The van der Waals surface area contributed by atoms with Gasteiger partial charge in [0, 0.05) is 12.1 Å². The van der Waals surface area contributed by atoms with Gasteiger partial charge in [0.25, 0.3) is 0 Å². The van der Waals surface area contributed by atoms with Gasteiger partial charge >= 0.3 is 0 Å². The van der Waals surface area contributed by atoms with E-state index in [2.05, 4.69) is 4.99 Å². The van der Waals surface area contributed by atoms with Gasteiger partial charge in [-0.25, -0.2) is 4.99 Å². The van der Waals surface area contributed by atoms with Crippen LogP contribution < -0.4 is 0 Å². The number of hydrogen-bond acceptors (Lipinski definition) is 3. The first-order chi connectivity index (χ1) is 10.2. The highest BCUT2D eigenvalue weighted by Crippen LogP contribution is 2.24. The molecule has 0 aliphatic carbocycles. The summed E-state index contributed by atoms with van der Waals surface area (Å²) in [6, 6.07) is 13.8. The number of likely N-dealkylation sites (N-methyl/N-ethyl adjacent to an activating group) is 1. The van der Waals surface area contributed by atoms with Crippen molar-refractivity contribution >= 4 is 22.9 Å². The van der Waals surface area contributed by atoms with E-state index in [0.29, 0.717) is 18.7 Å². The molecular weight excluding hydrogens is 267 g/mol. The maximum Gasteiger partial charge on any atom is 0.223 e. The topological polar surface area (TPSA) is 32.7 Å². The molecule has 0 N–H and O–H groups in total. The van der Waals surface area contributed by atoms with Crippen molar-refractivity contribution < 1.29 is 9.18 Å². The van der Waals surface area contributed by atoms with Crippen molar-refractivity contribution in [1.82, 2.24) is 4.90 Å². The Hall–Kier alpha value is -2.49. The molecular formula is C17H15FN2O. The summed E-state index contributed by atoms with van der Waals surface area (Å²) in [5.41, 5.74) is 0.982. The highest BCUT2D eigenvalue weighted by Gasteiger charge is 2.23. The molecule has 1 aliphatic heterocycles. The SMILES string of the molecule is CCN1CC(C=O)=C(F)N=C1c1cccc2ccccc12. The minimum atomic E-state index is -0.683. The molecule has 0 amide bonds. The third-order valence-corrected chi connectivity index (χ3v) is 3.68. The number of amidine groups is 1. The van der Waals surface area contributed by atoms with Crippen molar-refractivity contribution in [3.63, 3.8) is 0 Å². The number of aldehydes is 1. The van der Waals surface area contributed by atoms with Gasteiger partial charge in [0.05, 0.1) is 12.1 Å². The van der Waals surface area contributed by atoms with Crippen LogP contribution in [0.25, 0.3) is 10.8 Å². The van der Waals surface area contributed by atoms with Gasteiger partial charge in [-0.15, -0.1) is 0 Å². The number of fused-ring (bicyclic) bond motifs is 1. The van der Waals surface area contributed by atoms with Crippen LogP contribution in [0.5, 0.6) is 0 Å². The zero-order valence-corrected chi connectivity index (χ0v) is 11.7. The van der Waals surface area contributed by atoms with E-state index in [1.165, 1.54) is 0 Å². The molecule has 2 aromatic rings.